The summed E-state index contributed by atoms with van der Waals surface area (Å²) in [4.78, 5) is 28.5. The highest BCUT2D eigenvalue weighted by molar-refractivity contribution is 5.95. The van der Waals surface area contributed by atoms with Gasteiger partial charge in [0, 0.05) is 31.1 Å². The zero-order valence-corrected chi connectivity index (χ0v) is 15.9. The molecule has 1 saturated heterocycles. The number of carbonyl (C=O) groups is 2. The average molecular weight is 357 g/mol. The average Bonchev–Trinajstić information content (AvgIpc) is 2.61. The van der Waals surface area contributed by atoms with Crippen molar-refractivity contribution in [1.29, 1.82) is 0 Å². The molecule has 1 unspecified atom stereocenters. The fourth-order valence-corrected chi connectivity index (χ4v) is 2.62. The Morgan fingerprint density at radius 1 is 1.27 bits per heavy atom. The molecule has 0 bridgehead atoms. The van der Waals surface area contributed by atoms with Crippen LogP contribution in [0.4, 0.5) is 0 Å². The van der Waals surface area contributed by atoms with Crippen LogP contribution in [0.25, 0.3) is 10.9 Å². The van der Waals surface area contributed by atoms with E-state index in [4.69, 9.17) is 0 Å². The van der Waals surface area contributed by atoms with Crippen LogP contribution in [0, 0.1) is 0 Å². The van der Waals surface area contributed by atoms with Gasteiger partial charge in [0.05, 0.1) is 5.52 Å². The molecule has 0 spiro atoms. The highest BCUT2D eigenvalue weighted by Gasteiger charge is 2.24. The zero-order valence-electron chi connectivity index (χ0n) is 15.9. The first-order valence-corrected chi connectivity index (χ1v) is 8.81. The lowest BCUT2D eigenvalue weighted by atomic mass is 10.1. The number of piperazine rings is 1. The number of ether oxygens (including phenoxy) is 1. The van der Waals surface area contributed by atoms with E-state index in [2.05, 4.69) is 22.0 Å². The van der Waals surface area contributed by atoms with Crippen LogP contribution in [0.1, 0.15) is 38.2 Å². The van der Waals surface area contributed by atoms with Gasteiger partial charge in [0.1, 0.15) is 11.3 Å². The number of carbonyl (C=O) groups excluding carboxylic acids is 2. The monoisotopic (exact) mass is 357 g/mol. The number of nitrogens with zero attached hydrogens (tertiary/aromatic N) is 2. The summed E-state index contributed by atoms with van der Waals surface area (Å²) < 4.78 is 4.55. The molecule has 0 aliphatic carbocycles. The molecular weight excluding hydrogens is 330 g/mol. The van der Waals surface area contributed by atoms with Gasteiger partial charge in [-0.1, -0.05) is 24.3 Å². The van der Waals surface area contributed by atoms with Gasteiger partial charge in [-0.3, -0.25) is 9.59 Å². The van der Waals surface area contributed by atoms with Crippen molar-refractivity contribution in [2.45, 2.75) is 39.3 Å². The van der Waals surface area contributed by atoms with Gasteiger partial charge >= 0.3 is 0 Å². The van der Waals surface area contributed by atoms with Crippen LogP contribution in [-0.4, -0.2) is 53.5 Å². The van der Waals surface area contributed by atoms with E-state index in [-0.39, 0.29) is 17.6 Å². The lowest BCUT2D eigenvalue weighted by molar-refractivity contribution is -0.138. The van der Waals surface area contributed by atoms with Gasteiger partial charge in [0.25, 0.3) is 12.4 Å². The Labute approximate surface area is 154 Å². The molecule has 1 N–H and O–H groups in total. The van der Waals surface area contributed by atoms with Crippen LogP contribution < -0.4 is 5.32 Å². The third-order valence-electron chi connectivity index (χ3n) is 3.98. The summed E-state index contributed by atoms with van der Waals surface area (Å²) in [5, 5.41) is 4.35. The van der Waals surface area contributed by atoms with Crippen molar-refractivity contribution in [2.24, 2.45) is 0 Å². The standard InChI is InChI=1S/C15H17N3O.C5H10O2/c1-11-10-16-8-9-18(11)15(19)14-7-6-12-4-2-3-5-13(12)17-14;1-5(2,3)7-4-6/h2-7,11,16H,8-10H2,1H3;4H,1-3H3. The molecule has 26 heavy (non-hydrogen) atoms. The Kier molecular flexibility index (Phi) is 6.69. The molecule has 140 valence electrons. The number of hydrogen-bond acceptors (Lipinski definition) is 5. The summed E-state index contributed by atoms with van der Waals surface area (Å²) in [5.74, 6) is 0.0275. The number of para-hydroxylation sites is 1. The van der Waals surface area contributed by atoms with E-state index in [0.717, 1.165) is 30.5 Å². The van der Waals surface area contributed by atoms with Gasteiger partial charge in [-0.25, -0.2) is 4.98 Å². The first-order valence-electron chi connectivity index (χ1n) is 8.81. The molecule has 1 aromatic carbocycles. The van der Waals surface area contributed by atoms with Gasteiger partial charge in [0.15, 0.2) is 0 Å². The summed E-state index contributed by atoms with van der Waals surface area (Å²) in [6, 6.07) is 11.9. The summed E-state index contributed by atoms with van der Waals surface area (Å²) in [5.41, 5.74) is 1.09. The Balaban J connectivity index is 0.000000298. The number of hydrogen-bond donors (Lipinski definition) is 1. The molecule has 0 radical (unpaired) electrons. The highest BCUT2D eigenvalue weighted by Crippen LogP contribution is 2.14. The van der Waals surface area contributed by atoms with Crippen molar-refractivity contribution >= 4 is 23.3 Å². The summed E-state index contributed by atoms with van der Waals surface area (Å²) in [6.07, 6.45) is 0. The quantitative estimate of drug-likeness (QED) is 0.837. The Hall–Kier alpha value is -2.47. The van der Waals surface area contributed by atoms with Gasteiger partial charge < -0.3 is 15.0 Å². The first kappa shape index (κ1) is 19.8. The maximum atomic E-state index is 12.5. The molecule has 1 amide bonds. The summed E-state index contributed by atoms with van der Waals surface area (Å²) in [6.45, 7) is 10.4. The van der Waals surface area contributed by atoms with Crippen molar-refractivity contribution in [3.63, 3.8) is 0 Å². The molecule has 1 aromatic heterocycles. The number of fused-ring (bicyclic) bond motifs is 1. The van der Waals surface area contributed by atoms with Crippen LogP contribution >= 0.6 is 0 Å². The third-order valence-corrected chi connectivity index (χ3v) is 3.98. The molecule has 1 fully saturated rings. The lowest BCUT2D eigenvalue weighted by Crippen LogP contribution is -2.52. The second-order valence-corrected chi connectivity index (χ2v) is 7.27. The minimum Gasteiger partial charge on any atom is -0.462 e. The molecule has 1 aliphatic heterocycles. The number of rotatable bonds is 2. The van der Waals surface area contributed by atoms with Crippen molar-refractivity contribution in [3.05, 3.63) is 42.1 Å². The molecule has 6 nitrogen and oxygen atoms in total. The van der Waals surface area contributed by atoms with Crippen molar-refractivity contribution < 1.29 is 14.3 Å². The van der Waals surface area contributed by atoms with E-state index in [1.54, 1.807) is 0 Å². The number of benzene rings is 1. The van der Waals surface area contributed by atoms with E-state index in [1.165, 1.54) is 0 Å². The Bertz CT molecular complexity index is 755. The molecule has 2 aromatic rings. The molecule has 1 atom stereocenters. The smallest absolute Gasteiger partial charge is 0.293 e. The van der Waals surface area contributed by atoms with Crippen LogP contribution in [-0.2, 0) is 9.53 Å². The molecule has 0 saturated carbocycles. The minimum atomic E-state index is -0.318. The lowest BCUT2D eigenvalue weighted by Gasteiger charge is -2.33. The number of nitrogens with one attached hydrogen (secondary N) is 1. The fraction of sp³-hybridized carbons (Fsp3) is 0.450. The molecule has 2 heterocycles. The van der Waals surface area contributed by atoms with Gasteiger partial charge in [-0.15, -0.1) is 0 Å². The molecule has 6 heteroatoms. The second-order valence-electron chi connectivity index (χ2n) is 7.27. The molecule has 1 aliphatic rings. The Morgan fingerprint density at radius 2 is 2.00 bits per heavy atom. The number of aromatic nitrogens is 1. The van der Waals surface area contributed by atoms with E-state index < -0.39 is 0 Å². The van der Waals surface area contributed by atoms with Crippen LogP contribution in [0.15, 0.2) is 36.4 Å². The van der Waals surface area contributed by atoms with E-state index in [1.807, 2.05) is 62.1 Å². The van der Waals surface area contributed by atoms with Crippen molar-refractivity contribution in [1.82, 2.24) is 15.2 Å². The van der Waals surface area contributed by atoms with Gasteiger partial charge in [-0.05, 0) is 39.8 Å². The largest absolute Gasteiger partial charge is 0.462 e. The predicted molar refractivity (Wildman–Crippen MR) is 102 cm³/mol. The minimum absolute atomic E-state index is 0.0275. The van der Waals surface area contributed by atoms with E-state index in [9.17, 15) is 9.59 Å². The van der Waals surface area contributed by atoms with Crippen LogP contribution in [0.5, 0.6) is 0 Å². The maximum Gasteiger partial charge on any atom is 0.293 e. The molecule has 3 rings (SSSR count). The normalized spacial score (nSPS) is 17.2. The maximum absolute atomic E-state index is 12.5. The topological polar surface area (TPSA) is 71.5 Å². The van der Waals surface area contributed by atoms with Gasteiger partial charge in [-0.2, -0.15) is 0 Å². The van der Waals surface area contributed by atoms with Crippen LogP contribution in [0.3, 0.4) is 0 Å². The SMILES string of the molecule is CC(C)(C)OC=O.CC1CNCCN1C(=O)c1ccc2ccccc2n1. The fourth-order valence-electron chi connectivity index (χ4n) is 2.62. The van der Waals surface area contributed by atoms with E-state index in [0.29, 0.717) is 12.2 Å². The number of amides is 1. The van der Waals surface area contributed by atoms with E-state index >= 15 is 0 Å². The molecular formula is C20H27N3O3. The second kappa shape index (κ2) is 8.76. The zero-order chi connectivity index (χ0) is 19.2. The predicted octanol–water partition coefficient (Wildman–Crippen LogP) is 2.63. The Morgan fingerprint density at radius 3 is 2.62 bits per heavy atom. The first-order chi connectivity index (χ1) is 12.3. The highest BCUT2D eigenvalue weighted by atomic mass is 16.5. The number of pyridine rings is 1. The third kappa shape index (κ3) is 5.52. The van der Waals surface area contributed by atoms with Gasteiger partial charge in [0.2, 0.25) is 0 Å². The summed E-state index contributed by atoms with van der Waals surface area (Å²) >= 11 is 0. The van der Waals surface area contributed by atoms with Crippen molar-refractivity contribution in [2.75, 3.05) is 19.6 Å². The van der Waals surface area contributed by atoms with Crippen LogP contribution in [0.2, 0.25) is 0 Å². The summed E-state index contributed by atoms with van der Waals surface area (Å²) in [7, 11) is 0. The van der Waals surface area contributed by atoms with Crippen molar-refractivity contribution in [3.8, 4) is 0 Å².